The molecule has 72 valence electrons. The highest BCUT2D eigenvalue weighted by molar-refractivity contribution is 6.08. The zero-order chi connectivity index (χ0) is 9.97. The van der Waals surface area contributed by atoms with Gasteiger partial charge in [-0.05, 0) is 32.3 Å². The largest absolute Gasteiger partial charge is 0.289 e. The average Bonchev–Trinajstić information content (AvgIpc) is 2.07. The summed E-state index contributed by atoms with van der Waals surface area (Å²) in [6, 6.07) is 0. The second kappa shape index (κ2) is 3.79. The van der Waals surface area contributed by atoms with Crippen molar-refractivity contribution in [3.8, 4) is 0 Å². The van der Waals surface area contributed by atoms with Crippen molar-refractivity contribution in [1.82, 2.24) is 0 Å². The monoisotopic (exact) mass is 186 g/mol. The van der Waals surface area contributed by atoms with Crippen molar-refractivity contribution in [3.05, 3.63) is 47.1 Å². The van der Waals surface area contributed by atoms with Gasteiger partial charge in [0.1, 0.15) is 0 Å². The second-order valence-electron chi connectivity index (χ2n) is 3.87. The van der Waals surface area contributed by atoms with E-state index in [0.29, 0.717) is 0 Å². The molecule has 1 nitrogen and oxygen atoms in total. The Bertz CT molecular complexity index is 378. The van der Waals surface area contributed by atoms with Crippen LogP contribution in [0.5, 0.6) is 0 Å². The normalized spacial score (nSPS) is 26.1. The molecule has 14 heavy (non-hydrogen) atoms. The molecule has 1 heteroatoms. The Hall–Kier alpha value is -1.37. The van der Waals surface area contributed by atoms with Crippen LogP contribution in [0.25, 0.3) is 0 Å². The quantitative estimate of drug-likeness (QED) is 0.568. The van der Waals surface area contributed by atoms with Crippen LogP contribution in [0, 0.1) is 0 Å². The molecule has 0 aromatic rings. The van der Waals surface area contributed by atoms with Crippen molar-refractivity contribution in [1.29, 1.82) is 0 Å². The van der Waals surface area contributed by atoms with Crippen molar-refractivity contribution in [2.24, 2.45) is 0 Å². The van der Waals surface area contributed by atoms with E-state index in [4.69, 9.17) is 0 Å². The van der Waals surface area contributed by atoms with Crippen LogP contribution >= 0.6 is 0 Å². The molecular formula is C13H14O. The van der Waals surface area contributed by atoms with Crippen molar-refractivity contribution in [2.45, 2.75) is 26.2 Å². The van der Waals surface area contributed by atoms with Gasteiger partial charge in [0.05, 0.1) is 0 Å². The third-order valence-corrected chi connectivity index (χ3v) is 2.64. The van der Waals surface area contributed by atoms with E-state index in [-0.39, 0.29) is 5.78 Å². The van der Waals surface area contributed by atoms with Crippen molar-refractivity contribution in [2.75, 3.05) is 0 Å². The fraction of sp³-hybridized carbons (Fsp3) is 0.308. The summed E-state index contributed by atoms with van der Waals surface area (Å²) >= 11 is 0. The minimum absolute atomic E-state index is 0.176. The highest BCUT2D eigenvalue weighted by Gasteiger charge is 2.16. The highest BCUT2D eigenvalue weighted by Crippen LogP contribution is 2.27. The van der Waals surface area contributed by atoms with E-state index in [1.165, 1.54) is 11.1 Å². The van der Waals surface area contributed by atoms with Gasteiger partial charge in [-0.15, -0.1) is 0 Å². The lowest BCUT2D eigenvalue weighted by Crippen LogP contribution is -2.08. The highest BCUT2D eigenvalue weighted by atomic mass is 16.1. The summed E-state index contributed by atoms with van der Waals surface area (Å²) in [7, 11) is 0. The topological polar surface area (TPSA) is 17.1 Å². The first kappa shape index (κ1) is 9.20. The van der Waals surface area contributed by atoms with Gasteiger partial charge in [0.15, 0.2) is 5.78 Å². The molecule has 0 aromatic carbocycles. The van der Waals surface area contributed by atoms with Crippen molar-refractivity contribution in [3.63, 3.8) is 0 Å². The van der Waals surface area contributed by atoms with E-state index in [2.05, 4.69) is 6.08 Å². The maximum absolute atomic E-state index is 11.7. The fourth-order valence-electron chi connectivity index (χ4n) is 1.97. The molecule has 0 amide bonds. The number of allylic oxidation sites excluding steroid dienone is 8. The number of hydrogen-bond donors (Lipinski definition) is 0. The predicted octanol–water partition coefficient (Wildman–Crippen LogP) is 3.11. The molecule has 2 aliphatic carbocycles. The Morgan fingerprint density at radius 1 is 1.29 bits per heavy atom. The molecule has 0 spiro atoms. The van der Waals surface area contributed by atoms with E-state index < -0.39 is 0 Å². The number of ketones is 1. The standard InChI is InChI=1S/C13H14O/c1-10-8-11-6-4-2-3-5-7-12(11)13(14)9-10/h2-3,5,7,9H,4,6,8H2,1H3/b3-2-,7-5-. The lowest BCUT2D eigenvalue weighted by molar-refractivity contribution is -0.111. The minimum atomic E-state index is 0.176. The van der Waals surface area contributed by atoms with Gasteiger partial charge >= 0.3 is 0 Å². The van der Waals surface area contributed by atoms with E-state index in [1.54, 1.807) is 6.08 Å². The van der Waals surface area contributed by atoms with Crippen LogP contribution in [0.15, 0.2) is 47.1 Å². The van der Waals surface area contributed by atoms with E-state index >= 15 is 0 Å². The van der Waals surface area contributed by atoms with Gasteiger partial charge in [0.2, 0.25) is 0 Å². The van der Waals surface area contributed by atoms with Gasteiger partial charge in [0.25, 0.3) is 0 Å². The van der Waals surface area contributed by atoms with Crippen LogP contribution in [0.4, 0.5) is 0 Å². The Morgan fingerprint density at radius 2 is 2.14 bits per heavy atom. The third-order valence-electron chi connectivity index (χ3n) is 2.64. The smallest absolute Gasteiger partial charge is 0.185 e. The van der Waals surface area contributed by atoms with Crippen molar-refractivity contribution >= 4 is 5.78 Å². The molecule has 2 rings (SSSR count). The van der Waals surface area contributed by atoms with Crippen LogP contribution in [0.3, 0.4) is 0 Å². The summed E-state index contributed by atoms with van der Waals surface area (Å²) in [4.78, 5) is 11.7. The molecule has 0 atom stereocenters. The lowest BCUT2D eigenvalue weighted by atomic mass is 9.88. The summed E-state index contributed by atoms with van der Waals surface area (Å²) in [5.74, 6) is 0.176. The summed E-state index contributed by atoms with van der Waals surface area (Å²) in [6.45, 7) is 2.03. The summed E-state index contributed by atoms with van der Waals surface area (Å²) in [5, 5.41) is 0. The van der Waals surface area contributed by atoms with Gasteiger partial charge in [-0.3, -0.25) is 4.79 Å². The predicted molar refractivity (Wildman–Crippen MR) is 57.9 cm³/mol. The SMILES string of the molecule is CC1=CC(=O)C2=C(CC/C=C\C=C/2)C1. The molecule has 0 aromatic heterocycles. The zero-order valence-electron chi connectivity index (χ0n) is 8.42. The summed E-state index contributed by atoms with van der Waals surface area (Å²) < 4.78 is 0. The van der Waals surface area contributed by atoms with Crippen LogP contribution < -0.4 is 0 Å². The molecule has 0 fully saturated rings. The third kappa shape index (κ3) is 1.77. The first-order chi connectivity index (χ1) is 6.77. The molecule has 2 aliphatic rings. The van der Waals surface area contributed by atoms with Crippen LogP contribution in [0.1, 0.15) is 26.2 Å². The van der Waals surface area contributed by atoms with Crippen molar-refractivity contribution < 1.29 is 4.79 Å². The maximum atomic E-state index is 11.7. The Kier molecular flexibility index (Phi) is 2.49. The average molecular weight is 186 g/mol. The number of carbonyl (C=O) groups excluding carboxylic acids is 1. The number of carbonyl (C=O) groups is 1. The van der Waals surface area contributed by atoms with Crippen LogP contribution in [-0.2, 0) is 4.79 Å². The maximum Gasteiger partial charge on any atom is 0.185 e. The first-order valence-electron chi connectivity index (χ1n) is 5.04. The molecule has 0 radical (unpaired) electrons. The molecule has 0 heterocycles. The first-order valence-corrected chi connectivity index (χ1v) is 5.04. The molecule has 0 saturated heterocycles. The summed E-state index contributed by atoms with van der Waals surface area (Å²) in [5.41, 5.74) is 3.40. The van der Waals surface area contributed by atoms with Gasteiger partial charge in [-0.2, -0.15) is 0 Å². The Balaban J connectivity index is 2.36. The second-order valence-corrected chi connectivity index (χ2v) is 3.87. The van der Waals surface area contributed by atoms with Gasteiger partial charge < -0.3 is 0 Å². The van der Waals surface area contributed by atoms with E-state index in [9.17, 15) is 4.79 Å². The Morgan fingerprint density at radius 3 is 3.00 bits per heavy atom. The van der Waals surface area contributed by atoms with Crippen LogP contribution in [-0.4, -0.2) is 5.78 Å². The Labute approximate surface area is 84.5 Å². The molecule has 0 unspecified atom stereocenters. The van der Waals surface area contributed by atoms with Crippen LogP contribution in [0.2, 0.25) is 0 Å². The zero-order valence-corrected chi connectivity index (χ0v) is 8.42. The molecule has 0 N–H and O–H groups in total. The molecule has 0 bridgehead atoms. The number of rotatable bonds is 0. The summed E-state index contributed by atoms with van der Waals surface area (Å²) in [6.07, 6.45) is 12.9. The van der Waals surface area contributed by atoms with Gasteiger partial charge in [-0.25, -0.2) is 0 Å². The minimum Gasteiger partial charge on any atom is -0.289 e. The molecular weight excluding hydrogens is 172 g/mol. The van der Waals surface area contributed by atoms with Gasteiger partial charge in [0, 0.05) is 5.57 Å². The molecule has 0 aliphatic heterocycles. The van der Waals surface area contributed by atoms with Gasteiger partial charge in [-0.1, -0.05) is 35.5 Å². The fourth-order valence-corrected chi connectivity index (χ4v) is 1.97. The van der Waals surface area contributed by atoms with E-state index in [1.807, 2.05) is 25.2 Å². The lowest BCUT2D eigenvalue weighted by Gasteiger charge is -2.16. The number of hydrogen-bond acceptors (Lipinski definition) is 1. The van der Waals surface area contributed by atoms with E-state index in [0.717, 1.165) is 24.8 Å². The molecule has 0 saturated carbocycles.